The maximum absolute atomic E-state index is 12.6. The van der Waals surface area contributed by atoms with Gasteiger partial charge in [-0.25, -0.2) is 9.59 Å². The van der Waals surface area contributed by atoms with Crippen LogP contribution in [0.3, 0.4) is 0 Å². The number of nitrogens with zero attached hydrogens (tertiary/aromatic N) is 2. The van der Waals surface area contributed by atoms with Gasteiger partial charge in [0.25, 0.3) is 0 Å². The number of unbranched alkanes of at least 4 members (excludes halogenated alkanes) is 3. The molecular formula is C29H49N7O6S2. The average Bonchev–Trinajstić information content (AvgIpc) is 3.50. The Hall–Kier alpha value is -2.61. The van der Waals surface area contributed by atoms with Gasteiger partial charge in [0.1, 0.15) is 11.6 Å². The predicted molar refractivity (Wildman–Crippen MR) is 172 cm³/mol. The molecule has 2 heterocycles. The van der Waals surface area contributed by atoms with Gasteiger partial charge in [-0.3, -0.25) is 14.4 Å². The van der Waals surface area contributed by atoms with Gasteiger partial charge in [-0.2, -0.15) is 28.3 Å². The van der Waals surface area contributed by atoms with Gasteiger partial charge in [-0.05, 0) is 65.0 Å². The van der Waals surface area contributed by atoms with E-state index >= 15 is 0 Å². The van der Waals surface area contributed by atoms with Crippen LogP contribution in [-0.2, 0) is 23.9 Å². The molecular weight excluding hydrogens is 606 g/mol. The Kier molecular flexibility index (Phi) is 16.8. The molecule has 44 heavy (non-hydrogen) atoms. The molecule has 0 aromatic heterocycles. The van der Waals surface area contributed by atoms with Crippen molar-refractivity contribution in [1.29, 1.82) is 0 Å². The monoisotopic (exact) mass is 655 g/mol. The molecule has 0 unspecified atom stereocenters. The molecule has 2 fully saturated rings. The summed E-state index contributed by atoms with van der Waals surface area (Å²) in [6.07, 6.45) is 7.21. The van der Waals surface area contributed by atoms with Crippen LogP contribution in [0, 0.1) is 0 Å². The van der Waals surface area contributed by atoms with Gasteiger partial charge in [-0.1, -0.05) is 12.8 Å². The standard InChI is InChI=1S/C29H49N7O6S2/c1-29(2,3)42-27(40)21(12-11-19(37)17-33-31)34-26(39)20(30)9-6-7-14-32-24(38)13-16-43-15-8-4-5-10-23-25-22(18-44-23)35-28(41)36-25/h17,20-23,25H,4-16,18,30H2,1-3H3,(H,32,38)(H,34,39)(H2,35,36,41)/t20-,21-,22-,23-,25-/m0/s1. The number of ketones is 1. The summed E-state index contributed by atoms with van der Waals surface area (Å²) in [6.45, 7) is 5.58. The van der Waals surface area contributed by atoms with Gasteiger partial charge in [0.2, 0.25) is 17.6 Å². The largest absolute Gasteiger partial charge is 0.458 e. The number of carbonyl (C=O) groups excluding carboxylic acids is 5. The molecule has 0 spiro atoms. The third-order valence-corrected chi connectivity index (χ3v) is 9.76. The highest BCUT2D eigenvalue weighted by molar-refractivity contribution is 8.00. The van der Waals surface area contributed by atoms with E-state index in [1.807, 2.05) is 11.8 Å². The van der Waals surface area contributed by atoms with E-state index in [0.29, 0.717) is 37.5 Å². The first kappa shape index (κ1) is 37.6. The van der Waals surface area contributed by atoms with Gasteiger partial charge < -0.3 is 37.3 Å². The topological polar surface area (TPSA) is 205 Å². The van der Waals surface area contributed by atoms with Crippen molar-refractivity contribution in [3.63, 3.8) is 0 Å². The Balaban J connectivity index is 1.51. The van der Waals surface area contributed by atoms with Gasteiger partial charge in [0, 0.05) is 36.1 Å². The lowest BCUT2D eigenvalue weighted by atomic mass is 10.0. The molecule has 0 aliphatic carbocycles. The maximum atomic E-state index is 12.6. The van der Waals surface area contributed by atoms with E-state index in [4.69, 9.17) is 16.0 Å². The molecule has 2 aliphatic rings. The van der Waals surface area contributed by atoms with Crippen LogP contribution in [0.1, 0.15) is 85.0 Å². The zero-order chi connectivity index (χ0) is 32.5. The van der Waals surface area contributed by atoms with Gasteiger partial charge >= 0.3 is 18.2 Å². The van der Waals surface area contributed by atoms with E-state index in [9.17, 15) is 24.0 Å². The molecule has 2 saturated heterocycles. The van der Waals surface area contributed by atoms with Crippen molar-refractivity contribution in [1.82, 2.24) is 21.3 Å². The summed E-state index contributed by atoms with van der Waals surface area (Å²) >= 11 is 3.73. The van der Waals surface area contributed by atoms with Crippen molar-refractivity contribution in [2.24, 2.45) is 5.73 Å². The zero-order valence-corrected chi connectivity index (χ0v) is 27.7. The van der Waals surface area contributed by atoms with Crippen molar-refractivity contribution < 1.29 is 33.5 Å². The molecule has 5 atom stereocenters. The Labute approximate surface area is 268 Å². The third kappa shape index (κ3) is 14.9. The Morgan fingerprint density at radius 2 is 1.89 bits per heavy atom. The summed E-state index contributed by atoms with van der Waals surface area (Å²) in [6, 6.07) is -1.43. The lowest BCUT2D eigenvalue weighted by molar-refractivity contribution is -0.159. The quantitative estimate of drug-likeness (QED) is 0.0305. The Bertz CT molecular complexity index is 1030. The minimum Gasteiger partial charge on any atom is -0.458 e. The van der Waals surface area contributed by atoms with Crippen molar-refractivity contribution >= 4 is 59.3 Å². The summed E-state index contributed by atoms with van der Waals surface area (Å²) in [5.74, 6) is 1.08. The Morgan fingerprint density at radius 3 is 2.61 bits per heavy atom. The number of hydrogen-bond acceptors (Lipinski definition) is 9. The summed E-state index contributed by atoms with van der Waals surface area (Å²) in [7, 11) is 0. The molecule has 248 valence electrons. The molecule has 2 rings (SSSR count). The minimum absolute atomic E-state index is 0.000525. The van der Waals surface area contributed by atoms with E-state index in [-0.39, 0.29) is 36.9 Å². The first-order chi connectivity index (χ1) is 20.9. The van der Waals surface area contributed by atoms with Crippen molar-refractivity contribution in [3.8, 4) is 0 Å². The van der Waals surface area contributed by atoms with Gasteiger partial charge in [0.05, 0.1) is 18.1 Å². The maximum Gasteiger partial charge on any atom is 0.329 e. The SMILES string of the molecule is CC(C)(C)OC(=O)[C@H](CCC(=O)C=[N+]=[N-])NC(=O)[C@@H](N)CCCCNC(=O)CCSCCCCC[C@@H]1SC[C@@H]2NC(=O)N[C@@H]21. The van der Waals surface area contributed by atoms with Gasteiger partial charge in [0.15, 0.2) is 0 Å². The number of thioether (sulfide) groups is 2. The fraction of sp³-hybridized carbons (Fsp3) is 0.793. The second-order valence-corrected chi connectivity index (χ2v) is 14.6. The van der Waals surface area contributed by atoms with E-state index < -0.39 is 35.3 Å². The highest BCUT2D eigenvalue weighted by Gasteiger charge is 2.42. The number of nitrogens with one attached hydrogen (secondary N) is 4. The summed E-state index contributed by atoms with van der Waals surface area (Å²) < 4.78 is 5.35. The van der Waals surface area contributed by atoms with Crippen LogP contribution in [0.4, 0.5) is 4.79 Å². The number of nitrogens with two attached hydrogens (primary N) is 1. The van der Waals surface area contributed by atoms with Crippen molar-refractivity contribution in [3.05, 3.63) is 5.53 Å². The lowest BCUT2D eigenvalue weighted by Crippen LogP contribution is -2.50. The van der Waals surface area contributed by atoms with Crippen LogP contribution in [0.25, 0.3) is 5.53 Å². The smallest absolute Gasteiger partial charge is 0.329 e. The summed E-state index contributed by atoms with van der Waals surface area (Å²) in [5, 5.41) is 12.0. The molecule has 0 saturated carbocycles. The van der Waals surface area contributed by atoms with Crippen LogP contribution in [0.5, 0.6) is 0 Å². The lowest BCUT2D eigenvalue weighted by Gasteiger charge is -2.25. The second kappa shape index (κ2) is 19.7. The highest BCUT2D eigenvalue weighted by Crippen LogP contribution is 2.33. The summed E-state index contributed by atoms with van der Waals surface area (Å²) in [4.78, 5) is 63.2. The molecule has 4 amide bonds. The van der Waals surface area contributed by atoms with E-state index in [1.54, 1.807) is 32.5 Å². The number of hydrogen-bond donors (Lipinski definition) is 5. The molecule has 0 bridgehead atoms. The van der Waals surface area contributed by atoms with Crippen LogP contribution in [0.2, 0.25) is 0 Å². The van der Waals surface area contributed by atoms with Crippen molar-refractivity contribution in [2.45, 2.75) is 120 Å². The molecule has 2 aliphatic heterocycles. The normalized spacial score (nSPS) is 20.4. The fourth-order valence-electron chi connectivity index (χ4n) is 4.89. The number of amides is 4. The number of esters is 1. The first-order valence-corrected chi connectivity index (χ1v) is 17.6. The molecule has 6 N–H and O–H groups in total. The zero-order valence-electron chi connectivity index (χ0n) is 26.1. The first-order valence-electron chi connectivity index (χ1n) is 15.4. The number of carbonyl (C=O) groups is 5. The van der Waals surface area contributed by atoms with Crippen LogP contribution in [0.15, 0.2) is 0 Å². The number of rotatable bonds is 21. The third-order valence-electron chi connectivity index (χ3n) is 7.18. The number of urea groups is 1. The van der Waals surface area contributed by atoms with Gasteiger partial charge in [-0.15, -0.1) is 0 Å². The van der Waals surface area contributed by atoms with E-state index in [0.717, 1.165) is 49.2 Å². The molecule has 0 aromatic rings. The van der Waals surface area contributed by atoms with E-state index in [2.05, 4.69) is 26.1 Å². The van der Waals surface area contributed by atoms with Crippen molar-refractivity contribution in [2.75, 3.05) is 23.8 Å². The molecule has 0 aromatic carbocycles. The average molecular weight is 656 g/mol. The highest BCUT2D eigenvalue weighted by atomic mass is 32.2. The van der Waals surface area contributed by atoms with Crippen LogP contribution < -0.4 is 27.0 Å². The predicted octanol–water partition coefficient (Wildman–Crippen LogP) is 1.93. The van der Waals surface area contributed by atoms with E-state index in [1.165, 1.54) is 0 Å². The number of Topliss-reactive ketones (excluding diaryl/α,β-unsaturated/α-hetero) is 1. The molecule has 15 heteroatoms. The minimum atomic E-state index is -1.07. The van der Waals surface area contributed by atoms with Crippen LogP contribution in [-0.4, -0.2) is 99.4 Å². The number of ether oxygens (including phenoxy) is 1. The molecule has 0 radical (unpaired) electrons. The number of fused-ring (bicyclic) bond motifs is 1. The summed E-state index contributed by atoms with van der Waals surface area (Å²) in [5.41, 5.74) is 13.7. The van der Waals surface area contributed by atoms with Crippen LogP contribution >= 0.6 is 23.5 Å². The molecule has 13 nitrogen and oxygen atoms in total. The second-order valence-electron chi connectivity index (χ2n) is 12.1. The Morgan fingerprint density at radius 1 is 1.11 bits per heavy atom. The fourth-order valence-corrected chi connectivity index (χ4v) is 7.37.